The molecule has 6 heteroatoms. The number of hydrogen-bond donors (Lipinski definition) is 1. The first kappa shape index (κ1) is 18.1. The van der Waals surface area contributed by atoms with Gasteiger partial charge in [0.25, 0.3) is 0 Å². The van der Waals surface area contributed by atoms with Crippen LogP contribution in [0, 0.1) is 5.82 Å². The van der Waals surface area contributed by atoms with Gasteiger partial charge < -0.3 is 4.98 Å². The fraction of sp³-hybridized carbons (Fsp3) is 0.0833. The molecule has 1 atom stereocenters. The first-order valence-corrected chi connectivity index (χ1v) is 9.68. The van der Waals surface area contributed by atoms with Crippen molar-refractivity contribution in [2.24, 2.45) is 5.10 Å². The molecule has 0 unspecified atom stereocenters. The lowest BCUT2D eigenvalue weighted by Crippen LogP contribution is -2.37. The molecular formula is C24H19FN4O. The summed E-state index contributed by atoms with van der Waals surface area (Å²) in [5.74, 6) is -0.189. The first-order valence-electron chi connectivity index (χ1n) is 9.68. The molecule has 148 valence electrons. The Morgan fingerprint density at radius 2 is 1.63 bits per heavy atom. The van der Waals surface area contributed by atoms with Crippen LogP contribution in [-0.4, -0.2) is 16.6 Å². The van der Waals surface area contributed by atoms with Gasteiger partial charge in [-0.25, -0.2) is 9.40 Å². The molecule has 2 heterocycles. The standard InChI is InChI=1S/C24H19FN4O/c1-16(30)23-27-29(19-7-3-2-4-8-19)24(28(23)18-13-11-17(25)12-14-18)21-15-26-22-10-6-5-9-20(21)22/h2-15,24,26H,1H3/t24-/m1/s1. The van der Waals surface area contributed by atoms with E-state index >= 15 is 0 Å². The van der Waals surface area contributed by atoms with Crippen LogP contribution in [-0.2, 0) is 4.79 Å². The number of fused-ring (bicyclic) bond motifs is 1. The number of benzene rings is 3. The molecule has 1 aromatic heterocycles. The van der Waals surface area contributed by atoms with Crippen molar-refractivity contribution in [3.8, 4) is 0 Å². The summed E-state index contributed by atoms with van der Waals surface area (Å²) in [6, 6.07) is 23.9. The van der Waals surface area contributed by atoms with Crippen LogP contribution in [0.15, 0.2) is 90.2 Å². The summed E-state index contributed by atoms with van der Waals surface area (Å²) >= 11 is 0. The van der Waals surface area contributed by atoms with E-state index in [0.29, 0.717) is 11.5 Å². The number of carbonyl (C=O) groups is 1. The van der Waals surface area contributed by atoms with E-state index in [1.165, 1.54) is 19.1 Å². The van der Waals surface area contributed by atoms with E-state index < -0.39 is 6.17 Å². The summed E-state index contributed by atoms with van der Waals surface area (Å²) < 4.78 is 13.6. The molecule has 5 nitrogen and oxygen atoms in total. The number of nitrogens with zero attached hydrogens (tertiary/aromatic N) is 3. The fourth-order valence-corrected chi connectivity index (χ4v) is 3.89. The largest absolute Gasteiger partial charge is 0.361 e. The highest BCUT2D eigenvalue weighted by Gasteiger charge is 2.40. The molecule has 5 rings (SSSR count). The van der Waals surface area contributed by atoms with Crippen molar-refractivity contribution in [1.29, 1.82) is 0 Å². The Morgan fingerprint density at radius 1 is 0.933 bits per heavy atom. The number of hydrazone groups is 1. The van der Waals surface area contributed by atoms with E-state index in [2.05, 4.69) is 4.98 Å². The normalized spacial score (nSPS) is 16.2. The number of H-pyrrole nitrogens is 1. The molecule has 0 radical (unpaired) electrons. The molecule has 1 aliphatic rings. The third-order valence-electron chi connectivity index (χ3n) is 5.25. The number of halogens is 1. The van der Waals surface area contributed by atoms with Crippen LogP contribution in [0.3, 0.4) is 0 Å². The summed E-state index contributed by atoms with van der Waals surface area (Å²) in [4.78, 5) is 17.7. The Morgan fingerprint density at radius 3 is 2.37 bits per heavy atom. The minimum atomic E-state index is -0.409. The predicted octanol–water partition coefficient (Wildman–Crippen LogP) is 5.23. The molecular weight excluding hydrogens is 379 g/mol. The Balaban J connectivity index is 1.74. The van der Waals surface area contributed by atoms with Crippen molar-refractivity contribution in [3.05, 3.63) is 96.4 Å². The lowest BCUT2D eigenvalue weighted by Gasteiger charge is -2.31. The van der Waals surface area contributed by atoms with Crippen molar-refractivity contribution >= 4 is 33.9 Å². The average molecular weight is 398 g/mol. The number of amidine groups is 1. The minimum absolute atomic E-state index is 0.164. The van der Waals surface area contributed by atoms with Gasteiger partial charge in [-0.3, -0.25) is 9.69 Å². The number of para-hydroxylation sites is 2. The topological polar surface area (TPSA) is 51.7 Å². The van der Waals surface area contributed by atoms with Gasteiger partial charge in [-0.1, -0.05) is 36.4 Å². The molecule has 0 bridgehead atoms. The molecule has 0 fully saturated rings. The summed E-state index contributed by atoms with van der Waals surface area (Å²) in [5.41, 5.74) is 3.52. The van der Waals surface area contributed by atoms with Gasteiger partial charge in [0.1, 0.15) is 5.82 Å². The van der Waals surface area contributed by atoms with Crippen LogP contribution in [0.25, 0.3) is 10.9 Å². The highest BCUT2D eigenvalue weighted by atomic mass is 19.1. The quantitative estimate of drug-likeness (QED) is 0.512. The predicted molar refractivity (Wildman–Crippen MR) is 117 cm³/mol. The molecule has 30 heavy (non-hydrogen) atoms. The Kier molecular flexibility index (Phi) is 4.32. The number of aromatic nitrogens is 1. The number of hydrogen-bond acceptors (Lipinski definition) is 4. The van der Waals surface area contributed by atoms with Crippen LogP contribution in [0.4, 0.5) is 15.8 Å². The van der Waals surface area contributed by atoms with Crippen LogP contribution in [0.1, 0.15) is 18.7 Å². The van der Waals surface area contributed by atoms with E-state index in [-0.39, 0.29) is 11.6 Å². The molecule has 0 saturated heterocycles. The Bertz CT molecular complexity index is 1250. The third-order valence-corrected chi connectivity index (χ3v) is 5.25. The van der Waals surface area contributed by atoms with Gasteiger partial charge in [-0.2, -0.15) is 0 Å². The van der Waals surface area contributed by atoms with Crippen LogP contribution in [0.2, 0.25) is 0 Å². The van der Waals surface area contributed by atoms with Crippen LogP contribution < -0.4 is 9.91 Å². The SMILES string of the molecule is CC(=O)C1=NN(c2ccccc2)[C@H](c2c[nH]c3ccccc23)N1c1ccc(F)cc1. The van der Waals surface area contributed by atoms with Crippen molar-refractivity contribution in [3.63, 3.8) is 0 Å². The summed E-state index contributed by atoms with van der Waals surface area (Å²) in [6.07, 6.45) is 1.54. The van der Waals surface area contributed by atoms with E-state index in [0.717, 1.165) is 22.2 Å². The number of ketones is 1. The van der Waals surface area contributed by atoms with E-state index in [1.807, 2.05) is 70.7 Å². The highest BCUT2D eigenvalue weighted by Crippen LogP contribution is 2.41. The number of nitrogens with one attached hydrogen (secondary N) is 1. The zero-order valence-electron chi connectivity index (χ0n) is 16.3. The summed E-state index contributed by atoms with van der Waals surface area (Å²) in [5, 5.41) is 7.58. The number of aromatic amines is 1. The number of Topliss-reactive ketones (excluding diaryl/α,β-unsaturated/α-hetero) is 1. The maximum Gasteiger partial charge on any atom is 0.198 e. The second-order valence-electron chi connectivity index (χ2n) is 7.17. The molecule has 1 N–H and O–H groups in total. The second kappa shape index (κ2) is 7.15. The van der Waals surface area contributed by atoms with E-state index in [9.17, 15) is 9.18 Å². The number of anilines is 2. The average Bonchev–Trinajstić information content (AvgIpc) is 3.36. The smallest absolute Gasteiger partial charge is 0.198 e. The molecule has 3 aromatic carbocycles. The van der Waals surface area contributed by atoms with E-state index in [4.69, 9.17) is 5.10 Å². The van der Waals surface area contributed by atoms with Crippen molar-refractivity contribution in [1.82, 2.24) is 4.98 Å². The van der Waals surface area contributed by atoms with Gasteiger partial charge in [-0.05, 0) is 42.5 Å². The third kappa shape index (κ3) is 2.93. The van der Waals surface area contributed by atoms with Gasteiger partial charge in [0.05, 0.1) is 5.69 Å². The van der Waals surface area contributed by atoms with Gasteiger partial charge >= 0.3 is 0 Å². The van der Waals surface area contributed by atoms with Gasteiger partial charge in [0.2, 0.25) is 0 Å². The molecule has 1 aliphatic heterocycles. The van der Waals surface area contributed by atoms with E-state index in [1.54, 1.807) is 12.1 Å². The van der Waals surface area contributed by atoms with Crippen molar-refractivity contribution < 1.29 is 9.18 Å². The lowest BCUT2D eigenvalue weighted by molar-refractivity contribution is -0.111. The fourth-order valence-electron chi connectivity index (χ4n) is 3.89. The number of rotatable bonds is 4. The Labute approximate surface area is 173 Å². The Hall–Kier alpha value is -3.93. The minimum Gasteiger partial charge on any atom is -0.361 e. The van der Waals surface area contributed by atoms with Gasteiger partial charge in [0.15, 0.2) is 17.8 Å². The monoisotopic (exact) mass is 398 g/mol. The van der Waals surface area contributed by atoms with Crippen LogP contribution >= 0.6 is 0 Å². The molecule has 0 amide bonds. The summed E-state index contributed by atoms with van der Waals surface area (Å²) in [6.45, 7) is 1.50. The molecule has 0 aliphatic carbocycles. The summed E-state index contributed by atoms with van der Waals surface area (Å²) in [7, 11) is 0. The zero-order chi connectivity index (χ0) is 20.7. The molecule has 0 spiro atoms. The van der Waals surface area contributed by atoms with Crippen molar-refractivity contribution in [2.75, 3.05) is 9.91 Å². The number of carbonyl (C=O) groups excluding carboxylic acids is 1. The molecule has 0 saturated carbocycles. The first-order chi connectivity index (χ1) is 14.6. The van der Waals surface area contributed by atoms with Crippen LogP contribution in [0.5, 0.6) is 0 Å². The zero-order valence-corrected chi connectivity index (χ0v) is 16.3. The maximum atomic E-state index is 13.6. The van der Waals surface area contributed by atoms with Crippen molar-refractivity contribution in [2.45, 2.75) is 13.1 Å². The van der Waals surface area contributed by atoms with Gasteiger partial charge in [-0.15, -0.1) is 5.10 Å². The van der Waals surface area contributed by atoms with Gasteiger partial charge in [0, 0.05) is 35.3 Å². The molecule has 4 aromatic rings. The lowest BCUT2D eigenvalue weighted by atomic mass is 10.1. The highest BCUT2D eigenvalue weighted by molar-refractivity contribution is 6.44. The maximum absolute atomic E-state index is 13.6. The second-order valence-corrected chi connectivity index (χ2v) is 7.17.